The Morgan fingerprint density at radius 2 is 2.40 bits per heavy atom. The van der Waals surface area contributed by atoms with Crippen molar-refractivity contribution >= 4 is 23.4 Å². The lowest BCUT2D eigenvalue weighted by Gasteiger charge is -2.15. The van der Waals surface area contributed by atoms with Gasteiger partial charge in [0.25, 0.3) is 0 Å². The first-order chi connectivity index (χ1) is 7.25. The van der Waals surface area contributed by atoms with Crippen LogP contribution in [0.15, 0.2) is 0 Å². The van der Waals surface area contributed by atoms with Crippen molar-refractivity contribution in [2.75, 3.05) is 26.2 Å². The molecule has 0 spiro atoms. The number of urea groups is 1. The van der Waals surface area contributed by atoms with E-state index in [9.17, 15) is 4.79 Å². The molecule has 5 nitrogen and oxygen atoms in total. The summed E-state index contributed by atoms with van der Waals surface area (Å²) in [6, 6.07) is 0.609. The van der Waals surface area contributed by atoms with Crippen LogP contribution in [0.4, 0.5) is 4.79 Å². The summed E-state index contributed by atoms with van der Waals surface area (Å²) in [5.74, 6) is 0. The fourth-order valence-corrected chi connectivity index (χ4v) is 1.76. The second-order valence-electron chi connectivity index (χ2n) is 3.89. The van der Waals surface area contributed by atoms with Crippen LogP contribution >= 0.6 is 12.2 Å². The lowest BCUT2D eigenvalue weighted by Crippen LogP contribution is -2.41. The first-order valence-corrected chi connectivity index (χ1v) is 5.73. The van der Waals surface area contributed by atoms with E-state index in [0.29, 0.717) is 24.2 Å². The Morgan fingerprint density at radius 1 is 1.60 bits per heavy atom. The van der Waals surface area contributed by atoms with Gasteiger partial charge in [-0.2, -0.15) is 0 Å². The van der Waals surface area contributed by atoms with Gasteiger partial charge in [0.05, 0.1) is 0 Å². The van der Waals surface area contributed by atoms with Gasteiger partial charge in [0.2, 0.25) is 0 Å². The Labute approximate surface area is 94.6 Å². The molecule has 1 aliphatic heterocycles. The van der Waals surface area contributed by atoms with E-state index in [4.69, 9.17) is 12.2 Å². The molecule has 6 heteroatoms. The normalized spacial score (nSPS) is 20.0. The van der Waals surface area contributed by atoms with Crippen molar-refractivity contribution in [2.24, 2.45) is 0 Å². The predicted octanol–water partition coefficient (Wildman–Crippen LogP) is -0.362. The summed E-state index contributed by atoms with van der Waals surface area (Å²) in [7, 11) is 0. The van der Waals surface area contributed by atoms with Crippen LogP contribution < -0.4 is 16.0 Å². The number of nitrogens with zero attached hydrogens (tertiary/aromatic N) is 1. The Morgan fingerprint density at radius 3 is 3.00 bits per heavy atom. The lowest BCUT2D eigenvalue weighted by atomic mass is 10.5. The highest BCUT2D eigenvalue weighted by Gasteiger charge is 2.22. The van der Waals surface area contributed by atoms with E-state index in [2.05, 4.69) is 16.0 Å². The predicted molar refractivity (Wildman–Crippen MR) is 61.7 cm³/mol. The van der Waals surface area contributed by atoms with Crippen LogP contribution in [0.1, 0.15) is 12.8 Å². The first-order valence-electron chi connectivity index (χ1n) is 5.33. The Kier molecular flexibility index (Phi) is 3.25. The second kappa shape index (κ2) is 4.65. The SMILES string of the molecule is O=C1NCCN1CCNC(=S)NC1CC1. The number of carbonyl (C=O) groups excluding carboxylic acids is 1. The van der Waals surface area contributed by atoms with Crippen LogP contribution in [-0.4, -0.2) is 48.3 Å². The number of thiocarbonyl (C=S) groups is 1. The quantitative estimate of drug-likeness (QED) is 0.575. The summed E-state index contributed by atoms with van der Waals surface area (Å²) >= 11 is 5.10. The van der Waals surface area contributed by atoms with E-state index in [1.54, 1.807) is 4.90 Å². The first kappa shape index (κ1) is 10.5. The van der Waals surface area contributed by atoms with Crippen molar-refractivity contribution in [3.63, 3.8) is 0 Å². The third-order valence-electron chi connectivity index (χ3n) is 2.53. The maximum atomic E-state index is 11.2. The van der Waals surface area contributed by atoms with Crippen LogP contribution in [-0.2, 0) is 0 Å². The van der Waals surface area contributed by atoms with E-state index in [0.717, 1.165) is 13.1 Å². The van der Waals surface area contributed by atoms with Crippen LogP contribution in [0.5, 0.6) is 0 Å². The number of amides is 2. The van der Waals surface area contributed by atoms with Gasteiger partial charge in [-0.3, -0.25) is 0 Å². The topological polar surface area (TPSA) is 56.4 Å². The Bertz CT molecular complexity index is 267. The zero-order valence-corrected chi connectivity index (χ0v) is 9.40. The van der Waals surface area contributed by atoms with Crippen molar-refractivity contribution in [1.29, 1.82) is 0 Å². The van der Waals surface area contributed by atoms with Gasteiger partial charge >= 0.3 is 6.03 Å². The number of hydrogen-bond donors (Lipinski definition) is 3. The van der Waals surface area contributed by atoms with Crippen molar-refractivity contribution in [1.82, 2.24) is 20.9 Å². The molecule has 0 radical (unpaired) electrons. The average molecular weight is 228 g/mol. The third kappa shape index (κ3) is 3.23. The minimum Gasteiger partial charge on any atom is -0.361 e. The largest absolute Gasteiger partial charge is 0.361 e. The third-order valence-corrected chi connectivity index (χ3v) is 2.79. The molecule has 2 rings (SSSR count). The van der Waals surface area contributed by atoms with Gasteiger partial charge in [0, 0.05) is 32.2 Å². The standard InChI is InChI=1S/C9H16N4OS/c14-9-11-4-6-13(9)5-3-10-8(15)12-7-1-2-7/h7H,1-6H2,(H,11,14)(H2,10,12,15). The molecule has 84 valence electrons. The molecular weight excluding hydrogens is 212 g/mol. The minimum absolute atomic E-state index is 0.0258. The molecule has 0 aromatic carbocycles. The molecule has 1 saturated carbocycles. The molecule has 0 aromatic heterocycles. The van der Waals surface area contributed by atoms with E-state index in [1.165, 1.54) is 12.8 Å². The smallest absolute Gasteiger partial charge is 0.317 e. The van der Waals surface area contributed by atoms with Gasteiger partial charge in [-0.1, -0.05) is 0 Å². The monoisotopic (exact) mass is 228 g/mol. The fourth-order valence-electron chi connectivity index (χ4n) is 1.49. The second-order valence-corrected chi connectivity index (χ2v) is 4.30. The maximum Gasteiger partial charge on any atom is 0.317 e. The zero-order chi connectivity index (χ0) is 10.7. The molecule has 0 bridgehead atoms. The van der Waals surface area contributed by atoms with Gasteiger partial charge < -0.3 is 20.9 Å². The van der Waals surface area contributed by atoms with Crippen molar-refractivity contribution in [2.45, 2.75) is 18.9 Å². The molecule has 3 N–H and O–H groups in total. The summed E-state index contributed by atoms with van der Waals surface area (Å²) in [6.07, 6.45) is 2.44. The molecular formula is C9H16N4OS. The van der Waals surface area contributed by atoms with Crippen LogP contribution in [0.3, 0.4) is 0 Å². The summed E-state index contributed by atoms with van der Waals surface area (Å²) in [5.41, 5.74) is 0. The van der Waals surface area contributed by atoms with Crippen LogP contribution in [0.2, 0.25) is 0 Å². The highest BCUT2D eigenvalue weighted by Crippen LogP contribution is 2.18. The van der Waals surface area contributed by atoms with Gasteiger partial charge in [-0.25, -0.2) is 4.79 Å². The van der Waals surface area contributed by atoms with E-state index in [1.807, 2.05) is 0 Å². The van der Waals surface area contributed by atoms with Crippen molar-refractivity contribution < 1.29 is 4.79 Å². The molecule has 0 aromatic rings. The number of nitrogens with one attached hydrogen (secondary N) is 3. The molecule has 1 saturated heterocycles. The highest BCUT2D eigenvalue weighted by atomic mass is 32.1. The summed E-state index contributed by atoms with van der Waals surface area (Å²) < 4.78 is 0. The molecule has 1 heterocycles. The molecule has 0 atom stereocenters. The maximum absolute atomic E-state index is 11.2. The summed E-state index contributed by atoms with van der Waals surface area (Å²) in [5, 5.41) is 9.76. The molecule has 1 aliphatic carbocycles. The lowest BCUT2D eigenvalue weighted by molar-refractivity contribution is 0.218. The van der Waals surface area contributed by atoms with Crippen molar-refractivity contribution in [3.05, 3.63) is 0 Å². The summed E-state index contributed by atoms with van der Waals surface area (Å²) in [4.78, 5) is 13.0. The zero-order valence-electron chi connectivity index (χ0n) is 8.58. The van der Waals surface area contributed by atoms with Crippen LogP contribution in [0, 0.1) is 0 Å². The molecule has 2 amide bonds. The molecule has 2 aliphatic rings. The molecule has 2 fully saturated rings. The van der Waals surface area contributed by atoms with E-state index < -0.39 is 0 Å². The van der Waals surface area contributed by atoms with Crippen molar-refractivity contribution in [3.8, 4) is 0 Å². The molecule has 0 unspecified atom stereocenters. The Balaban J connectivity index is 1.57. The van der Waals surface area contributed by atoms with E-state index >= 15 is 0 Å². The number of rotatable bonds is 4. The highest BCUT2D eigenvalue weighted by molar-refractivity contribution is 7.80. The Hall–Kier alpha value is -1.04. The average Bonchev–Trinajstić information content (AvgIpc) is 2.91. The van der Waals surface area contributed by atoms with Gasteiger partial charge in [-0.15, -0.1) is 0 Å². The minimum atomic E-state index is 0.0258. The van der Waals surface area contributed by atoms with Gasteiger partial charge in [-0.05, 0) is 25.1 Å². The molecule has 15 heavy (non-hydrogen) atoms. The van der Waals surface area contributed by atoms with E-state index in [-0.39, 0.29) is 6.03 Å². The number of hydrogen-bond acceptors (Lipinski definition) is 2. The van der Waals surface area contributed by atoms with Crippen LogP contribution in [0.25, 0.3) is 0 Å². The van der Waals surface area contributed by atoms with Gasteiger partial charge in [0.15, 0.2) is 5.11 Å². The summed E-state index contributed by atoms with van der Waals surface area (Å²) in [6.45, 7) is 2.97. The van der Waals surface area contributed by atoms with Gasteiger partial charge in [0.1, 0.15) is 0 Å². The number of carbonyl (C=O) groups is 1. The fraction of sp³-hybridized carbons (Fsp3) is 0.778.